The van der Waals surface area contributed by atoms with Gasteiger partial charge >= 0.3 is 0 Å². The average molecular weight is 246 g/mol. The Hall–Kier alpha value is -1.02. The molecule has 0 bridgehead atoms. The van der Waals surface area contributed by atoms with E-state index < -0.39 is 0 Å². The highest BCUT2D eigenvalue weighted by Gasteiger charge is 2.30. The molecule has 1 saturated carbocycles. The molecule has 3 rings (SSSR count). The number of rotatable bonds is 2. The molecule has 2 unspecified atom stereocenters. The third kappa shape index (κ3) is 2.54. The Kier molecular flexibility index (Phi) is 3.55. The normalized spacial score (nSPS) is 29.6. The zero-order valence-corrected chi connectivity index (χ0v) is 10.8. The first-order valence-electron chi connectivity index (χ1n) is 7.23. The SMILES string of the molecule is Oc1ccc(C2CCC(C3CCCC3)CO2)cc1. The number of hydrogen-bond donors (Lipinski definition) is 1. The van der Waals surface area contributed by atoms with E-state index >= 15 is 0 Å². The van der Waals surface area contributed by atoms with Crippen molar-refractivity contribution in [1.29, 1.82) is 0 Å². The van der Waals surface area contributed by atoms with Gasteiger partial charge in [0.25, 0.3) is 0 Å². The molecule has 2 aliphatic rings. The van der Waals surface area contributed by atoms with Crippen LogP contribution in [-0.2, 0) is 4.74 Å². The summed E-state index contributed by atoms with van der Waals surface area (Å²) < 4.78 is 6.05. The summed E-state index contributed by atoms with van der Waals surface area (Å²) in [7, 11) is 0. The minimum absolute atomic E-state index is 0.239. The maximum Gasteiger partial charge on any atom is 0.115 e. The van der Waals surface area contributed by atoms with E-state index in [9.17, 15) is 5.11 Å². The largest absolute Gasteiger partial charge is 0.508 e. The molecule has 1 N–H and O–H groups in total. The van der Waals surface area contributed by atoms with Crippen LogP contribution in [0.25, 0.3) is 0 Å². The van der Waals surface area contributed by atoms with Gasteiger partial charge in [-0.05, 0) is 42.4 Å². The van der Waals surface area contributed by atoms with Gasteiger partial charge in [0.05, 0.1) is 12.7 Å². The number of ether oxygens (including phenoxy) is 1. The Morgan fingerprint density at radius 2 is 1.61 bits per heavy atom. The quantitative estimate of drug-likeness (QED) is 0.853. The fourth-order valence-corrected chi connectivity index (χ4v) is 3.52. The minimum atomic E-state index is 0.239. The van der Waals surface area contributed by atoms with E-state index in [1.54, 1.807) is 12.1 Å². The Morgan fingerprint density at radius 1 is 0.889 bits per heavy atom. The number of phenolic OH excluding ortho intramolecular Hbond substituents is 1. The standard InChI is InChI=1S/C16H22O2/c17-15-8-5-13(6-9-15)16-10-7-14(11-18-16)12-3-1-2-4-12/h5-6,8-9,12,14,16-17H,1-4,7,10-11H2. The van der Waals surface area contributed by atoms with Crippen LogP contribution in [0.4, 0.5) is 0 Å². The smallest absolute Gasteiger partial charge is 0.115 e. The Bertz CT molecular complexity index is 371. The van der Waals surface area contributed by atoms with Gasteiger partial charge in [0, 0.05) is 0 Å². The zero-order valence-electron chi connectivity index (χ0n) is 10.8. The number of aromatic hydroxyl groups is 1. The van der Waals surface area contributed by atoms with Crippen LogP contribution in [0.15, 0.2) is 24.3 Å². The molecule has 2 atom stereocenters. The highest BCUT2D eigenvalue weighted by molar-refractivity contribution is 5.27. The van der Waals surface area contributed by atoms with Crippen LogP contribution in [0.5, 0.6) is 5.75 Å². The van der Waals surface area contributed by atoms with E-state index in [1.807, 2.05) is 12.1 Å². The third-order valence-corrected chi connectivity index (χ3v) is 4.64. The summed E-state index contributed by atoms with van der Waals surface area (Å²) >= 11 is 0. The molecule has 2 nitrogen and oxygen atoms in total. The monoisotopic (exact) mass is 246 g/mol. The first kappa shape index (κ1) is 12.0. The lowest BCUT2D eigenvalue weighted by Crippen LogP contribution is -2.25. The van der Waals surface area contributed by atoms with Crippen LogP contribution in [0.2, 0.25) is 0 Å². The second-order valence-electron chi connectivity index (χ2n) is 5.80. The number of phenols is 1. The number of benzene rings is 1. The van der Waals surface area contributed by atoms with E-state index in [4.69, 9.17) is 4.74 Å². The molecule has 0 aromatic heterocycles. The van der Waals surface area contributed by atoms with Crippen LogP contribution < -0.4 is 0 Å². The molecule has 2 heteroatoms. The Balaban J connectivity index is 1.57. The van der Waals surface area contributed by atoms with Gasteiger partial charge in [0.1, 0.15) is 5.75 Å². The summed E-state index contributed by atoms with van der Waals surface area (Å²) in [5, 5.41) is 9.30. The van der Waals surface area contributed by atoms with Gasteiger partial charge in [-0.2, -0.15) is 0 Å². The molecule has 0 radical (unpaired) electrons. The lowest BCUT2D eigenvalue weighted by Gasteiger charge is -2.32. The average Bonchev–Trinajstić information content (AvgIpc) is 2.94. The van der Waals surface area contributed by atoms with Gasteiger partial charge < -0.3 is 9.84 Å². The zero-order chi connectivity index (χ0) is 12.4. The van der Waals surface area contributed by atoms with E-state index in [0.717, 1.165) is 24.9 Å². The molecule has 0 spiro atoms. The summed E-state index contributed by atoms with van der Waals surface area (Å²) in [5.74, 6) is 2.05. The molecule has 0 amide bonds. The Labute approximate surface area is 109 Å². The van der Waals surface area contributed by atoms with Crippen molar-refractivity contribution in [3.8, 4) is 5.75 Å². The topological polar surface area (TPSA) is 29.5 Å². The van der Waals surface area contributed by atoms with Crippen molar-refractivity contribution in [3.05, 3.63) is 29.8 Å². The Morgan fingerprint density at radius 3 is 2.22 bits per heavy atom. The van der Waals surface area contributed by atoms with E-state index in [2.05, 4.69) is 0 Å². The molecule has 98 valence electrons. The summed E-state index contributed by atoms with van der Waals surface area (Å²) in [4.78, 5) is 0. The van der Waals surface area contributed by atoms with Crippen LogP contribution >= 0.6 is 0 Å². The maximum atomic E-state index is 9.30. The van der Waals surface area contributed by atoms with Crippen molar-refractivity contribution < 1.29 is 9.84 Å². The second kappa shape index (κ2) is 5.31. The molecule has 1 aliphatic carbocycles. The summed E-state index contributed by atoms with van der Waals surface area (Å²) in [6, 6.07) is 7.47. The second-order valence-corrected chi connectivity index (χ2v) is 5.80. The van der Waals surface area contributed by atoms with Crippen molar-refractivity contribution >= 4 is 0 Å². The summed E-state index contributed by atoms with van der Waals surface area (Å²) in [6.45, 7) is 0.927. The van der Waals surface area contributed by atoms with Crippen LogP contribution in [0, 0.1) is 11.8 Å². The molecule has 1 aliphatic heterocycles. The van der Waals surface area contributed by atoms with Crippen molar-refractivity contribution in [2.45, 2.75) is 44.6 Å². The molecule has 2 fully saturated rings. The van der Waals surface area contributed by atoms with E-state index in [0.29, 0.717) is 5.75 Å². The fourth-order valence-electron chi connectivity index (χ4n) is 3.52. The highest BCUT2D eigenvalue weighted by Crippen LogP contribution is 2.39. The molecule has 1 aromatic carbocycles. The van der Waals surface area contributed by atoms with Gasteiger partial charge in [-0.3, -0.25) is 0 Å². The molecule has 18 heavy (non-hydrogen) atoms. The predicted molar refractivity (Wildman–Crippen MR) is 71.5 cm³/mol. The molecule has 1 saturated heterocycles. The van der Waals surface area contributed by atoms with E-state index in [1.165, 1.54) is 37.7 Å². The first-order valence-corrected chi connectivity index (χ1v) is 7.23. The molecule has 1 heterocycles. The van der Waals surface area contributed by atoms with Gasteiger partial charge in [-0.1, -0.05) is 37.8 Å². The highest BCUT2D eigenvalue weighted by atomic mass is 16.5. The van der Waals surface area contributed by atoms with Gasteiger partial charge in [-0.25, -0.2) is 0 Å². The van der Waals surface area contributed by atoms with Gasteiger partial charge in [-0.15, -0.1) is 0 Å². The first-order chi connectivity index (χ1) is 8.83. The van der Waals surface area contributed by atoms with Crippen molar-refractivity contribution in [2.75, 3.05) is 6.61 Å². The summed E-state index contributed by atoms with van der Waals surface area (Å²) in [6.07, 6.45) is 8.34. The summed E-state index contributed by atoms with van der Waals surface area (Å²) in [5.41, 5.74) is 1.21. The maximum absolute atomic E-state index is 9.30. The van der Waals surface area contributed by atoms with Crippen molar-refractivity contribution in [2.24, 2.45) is 11.8 Å². The van der Waals surface area contributed by atoms with Crippen molar-refractivity contribution in [1.82, 2.24) is 0 Å². The number of hydrogen-bond acceptors (Lipinski definition) is 2. The van der Waals surface area contributed by atoms with Gasteiger partial charge in [0.15, 0.2) is 0 Å². The third-order valence-electron chi connectivity index (χ3n) is 4.64. The fraction of sp³-hybridized carbons (Fsp3) is 0.625. The lowest BCUT2D eigenvalue weighted by atomic mass is 9.84. The van der Waals surface area contributed by atoms with Crippen LogP contribution in [-0.4, -0.2) is 11.7 Å². The molecular weight excluding hydrogens is 224 g/mol. The van der Waals surface area contributed by atoms with Gasteiger partial charge in [0.2, 0.25) is 0 Å². The van der Waals surface area contributed by atoms with E-state index in [-0.39, 0.29) is 6.10 Å². The molecule has 1 aromatic rings. The molecular formula is C16H22O2. The van der Waals surface area contributed by atoms with Crippen LogP contribution in [0.1, 0.15) is 50.2 Å². The minimum Gasteiger partial charge on any atom is -0.508 e. The van der Waals surface area contributed by atoms with Crippen molar-refractivity contribution in [3.63, 3.8) is 0 Å². The van der Waals surface area contributed by atoms with Crippen LogP contribution in [0.3, 0.4) is 0 Å². The lowest BCUT2D eigenvalue weighted by molar-refractivity contribution is -0.0329. The predicted octanol–water partition coefficient (Wildman–Crippen LogP) is 4.05.